The number of rotatable bonds is 2. The van der Waals surface area contributed by atoms with Gasteiger partial charge in [-0.05, 0) is 38.0 Å². The van der Waals surface area contributed by atoms with Crippen molar-refractivity contribution in [3.05, 3.63) is 0 Å². The first-order valence-electron chi connectivity index (χ1n) is 7.48. The predicted molar refractivity (Wildman–Crippen MR) is 69.8 cm³/mol. The smallest absolute Gasteiger partial charge is 0.326 e. The van der Waals surface area contributed by atoms with Gasteiger partial charge >= 0.3 is 12.0 Å². The van der Waals surface area contributed by atoms with Crippen molar-refractivity contribution in [2.45, 2.75) is 69.5 Å². The number of hydrogen-bond donors (Lipinski definition) is 2. The van der Waals surface area contributed by atoms with E-state index in [0.29, 0.717) is 0 Å². The van der Waals surface area contributed by atoms with E-state index < -0.39 is 12.0 Å². The fourth-order valence-electron chi connectivity index (χ4n) is 4.09. The number of carboxylic acids is 1. The van der Waals surface area contributed by atoms with Crippen molar-refractivity contribution in [1.29, 1.82) is 0 Å². The van der Waals surface area contributed by atoms with Gasteiger partial charge in [-0.1, -0.05) is 19.3 Å². The molecule has 0 aromatic rings. The third-order valence-electron chi connectivity index (χ3n) is 5.01. The van der Waals surface area contributed by atoms with Crippen LogP contribution in [0.5, 0.6) is 0 Å². The number of hydrogen-bond acceptors (Lipinski definition) is 2. The van der Waals surface area contributed by atoms with Crippen molar-refractivity contribution in [2.75, 3.05) is 0 Å². The Morgan fingerprint density at radius 2 is 1.79 bits per heavy atom. The number of piperidine rings is 1. The van der Waals surface area contributed by atoms with Gasteiger partial charge in [0.1, 0.15) is 6.04 Å². The minimum Gasteiger partial charge on any atom is -0.480 e. The summed E-state index contributed by atoms with van der Waals surface area (Å²) in [6.07, 6.45) is 8.44. The summed E-state index contributed by atoms with van der Waals surface area (Å²) in [6.45, 7) is 0. The Morgan fingerprint density at radius 3 is 2.47 bits per heavy atom. The molecule has 2 N–H and O–H groups in total. The van der Waals surface area contributed by atoms with Crippen LogP contribution in [0.25, 0.3) is 0 Å². The summed E-state index contributed by atoms with van der Waals surface area (Å²) in [5, 5.41) is 12.4. The highest BCUT2D eigenvalue weighted by Gasteiger charge is 2.51. The maximum atomic E-state index is 12.4. The van der Waals surface area contributed by atoms with Gasteiger partial charge in [0.05, 0.1) is 0 Å². The second-order valence-corrected chi connectivity index (χ2v) is 6.20. The molecule has 2 bridgehead atoms. The highest BCUT2D eigenvalue weighted by Crippen LogP contribution is 2.42. The Labute approximate surface area is 113 Å². The Balaban J connectivity index is 1.66. The van der Waals surface area contributed by atoms with E-state index in [1.165, 1.54) is 19.3 Å². The molecule has 5 nitrogen and oxygen atoms in total. The zero-order chi connectivity index (χ0) is 13.4. The van der Waals surface area contributed by atoms with E-state index in [0.717, 1.165) is 32.1 Å². The van der Waals surface area contributed by atoms with E-state index in [1.54, 1.807) is 4.90 Å². The van der Waals surface area contributed by atoms with Gasteiger partial charge in [-0.15, -0.1) is 0 Å². The molecule has 3 aliphatic rings. The number of nitrogens with zero attached hydrogens (tertiary/aromatic N) is 1. The molecule has 3 rings (SSSR count). The number of amides is 2. The predicted octanol–water partition coefficient (Wildman–Crippen LogP) is 1.97. The van der Waals surface area contributed by atoms with Crippen LogP contribution in [-0.2, 0) is 4.79 Å². The molecule has 2 saturated carbocycles. The lowest BCUT2D eigenvalue weighted by atomic mass is 9.95. The van der Waals surface area contributed by atoms with Crippen LogP contribution in [0, 0.1) is 5.92 Å². The molecule has 3 atom stereocenters. The number of carbonyl (C=O) groups excluding carboxylic acids is 1. The van der Waals surface area contributed by atoms with Gasteiger partial charge in [0, 0.05) is 12.1 Å². The highest BCUT2D eigenvalue weighted by atomic mass is 16.4. The molecule has 0 aromatic carbocycles. The first-order chi connectivity index (χ1) is 9.16. The monoisotopic (exact) mass is 266 g/mol. The standard InChI is InChI=1S/C14H22N2O3/c17-13(18)12-9-6-7-11(8-9)16(12)14(19)15-10-4-2-1-3-5-10/h9-12H,1-8H2,(H,15,19)(H,17,18). The van der Waals surface area contributed by atoms with Gasteiger partial charge in [-0.2, -0.15) is 0 Å². The van der Waals surface area contributed by atoms with Crippen molar-refractivity contribution < 1.29 is 14.7 Å². The molecule has 1 aliphatic heterocycles. The first kappa shape index (κ1) is 12.8. The molecular formula is C14H22N2O3. The first-order valence-corrected chi connectivity index (χ1v) is 7.48. The van der Waals surface area contributed by atoms with E-state index >= 15 is 0 Å². The normalized spacial score (nSPS) is 34.5. The second-order valence-electron chi connectivity index (χ2n) is 6.20. The Morgan fingerprint density at radius 1 is 1.05 bits per heavy atom. The average molecular weight is 266 g/mol. The van der Waals surface area contributed by atoms with Crippen LogP contribution >= 0.6 is 0 Å². The summed E-state index contributed by atoms with van der Waals surface area (Å²) in [4.78, 5) is 25.4. The van der Waals surface area contributed by atoms with Crippen LogP contribution in [-0.4, -0.2) is 40.1 Å². The van der Waals surface area contributed by atoms with Crippen LogP contribution in [0.3, 0.4) is 0 Å². The van der Waals surface area contributed by atoms with Crippen molar-refractivity contribution >= 4 is 12.0 Å². The summed E-state index contributed by atoms with van der Waals surface area (Å²) in [5.74, 6) is -0.675. The number of urea groups is 1. The molecule has 0 aromatic heterocycles. The SMILES string of the molecule is O=C(O)C1C2CCC(C2)N1C(=O)NC1CCCCC1. The van der Waals surface area contributed by atoms with Crippen LogP contribution < -0.4 is 5.32 Å². The van der Waals surface area contributed by atoms with Crippen molar-refractivity contribution in [2.24, 2.45) is 5.92 Å². The molecule has 106 valence electrons. The van der Waals surface area contributed by atoms with Gasteiger partial charge in [0.2, 0.25) is 0 Å². The molecule has 2 amide bonds. The van der Waals surface area contributed by atoms with Gasteiger partial charge in [0.15, 0.2) is 0 Å². The van der Waals surface area contributed by atoms with Gasteiger partial charge in [-0.3, -0.25) is 0 Å². The summed E-state index contributed by atoms with van der Waals surface area (Å²) < 4.78 is 0. The fraction of sp³-hybridized carbons (Fsp3) is 0.857. The number of likely N-dealkylation sites (tertiary alicyclic amines) is 1. The van der Waals surface area contributed by atoms with Crippen LogP contribution in [0.1, 0.15) is 51.4 Å². The molecule has 19 heavy (non-hydrogen) atoms. The third-order valence-corrected chi connectivity index (χ3v) is 5.01. The van der Waals surface area contributed by atoms with Gasteiger partial charge in [-0.25, -0.2) is 9.59 Å². The maximum Gasteiger partial charge on any atom is 0.326 e. The van der Waals surface area contributed by atoms with E-state index in [4.69, 9.17) is 0 Å². The van der Waals surface area contributed by atoms with Crippen LogP contribution in [0.15, 0.2) is 0 Å². The van der Waals surface area contributed by atoms with Crippen molar-refractivity contribution in [3.8, 4) is 0 Å². The zero-order valence-corrected chi connectivity index (χ0v) is 11.2. The lowest BCUT2D eigenvalue weighted by molar-refractivity contribution is -0.143. The Hall–Kier alpha value is -1.26. The number of carboxylic acid groups (broad SMARTS) is 1. The Bertz CT molecular complexity index is 379. The molecule has 3 fully saturated rings. The molecule has 1 saturated heterocycles. The maximum absolute atomic E-state index is 12.4. The lowest BCUT2D eigenvalue weighted by Crippen LogP contribution is -2.54. The molecule has 0 spiro atoms. The minimum absolute atomic E-state index is 0.147. The molecular weight excluding hydrogens is 244 g/mol. The van der Waals surface area contributed by atoms with Crippen molar-refractivity contribution in [1.82, 2.24) is 10.2 Å². The van der Waals surface area contributed by atoms with Crippen molar-refractivity contribution in [3.63, 3.8) is 0 Å². The number of nitrogens with one attached hydrogen (secondary N) is 1. The van der Waals surface area contributed by atoms with Gasteiger partial charge in [0.25, 0.3) is 0 Å². The average Bonchev–Trinajstić information content (AvgIpc) is 2.99. The van der Waals surface area contributed by atoms with Crippen LogP contribution in [0.2, 0.25) is 0 Å². The van der Waals surface area contributed by atoms with E-state index in [1.807, 2.05) is 0 Å². The van der Waals surface area contributed by atoms with Crippen LogP contribution in [0.4, 0.5) is 4.79 Å². The fourth-order valence-corrected chi connectivity index (χ4v) is 4.09. The number of carbonyl (C=O) groups is 2. The number of fused-ring (bicyclic) bond motifs is 2. The van der Waals surface area contributed by atoms with Gasteiger partial charge < -0.3 is 15.3 Å². The molecule has 3 unspecified atom stereocenters. The molecule has 5 heteroatoms. The minimum atomic E-state index is -0.842. The summed E-state index contributed by atoms with van der Waals surface area (Å²) in [5.41, 5.74) is 0. The number of aliphatic carboxylic acids is 1. The quantitative estimate of drug-likeness (QED) is 0.802. The van der Waals surface area contributed by atoms with E-state index in [9.17, 15) is 14.7 Å². The van der Waals surface area contributed by atoms with E-state index in [-0.39, 0.29) is 24.0 Å². The summed E-state index contributed by atoms with van der Waals surface area (Å²) in [6, 6.07) is -0.349. The largest absolute Gasteiger partial charge is 0.480 e. The zero-order valence-electron chi connectivity index (χ0n) is 11.2. The highest BCUT2D eigenvalue weighted by molar-refractivity contribution is 5.84. The topological polar surface area (TPSA) is 69.6 Å². The van der Waals surface area contributed by atoms with E-state index in [2.05, 4.69) is 5.32 Å². The molecule has 0 radical (unpaired) electrons. The Kier molecular flexibility index (Phi) is 3.37. The summed E-state index contributed by atoms with van der Waals surface area (Å²) >= 11 is 0. The second kappa shape index (κ2) is 5.02. The molecule has 1 heterocycles. The lowest BCUT2D eigenvalue weighted by Gasteiger charge is -2.34. The molecule has 2 aliphatic carbocycles. The summed E-state index contributed by atoms with van der Waals surface area (Å²) in [7, 11) is 0. The third kappa shape index (κ3) is 2.30.